The summed E-state index contributed by atoms with van der Waals surface area (Å²) < 4.78 is 0. The normalized spacial score (nSPS) is 26.3. The van der Waals surface area contributed by atoms with Crippen molar-refractivity contribution in [2.24, 2.45) is 11.7 Å². The van der Waals surface area contributed by atoms with E-state index < -0.39 is 0 Å². The number of nitrogens with zero attached hydrogens (tertiary/aromatic N) is 1. The van der Waals surface area contributed by atoms with Crippen LogP contribution in [0.25, 0.3) is 0 Å². The van der Waals surface area contributed by atoms with Gasteiger partial charge in [-0.3, -0.25) is 4.79 Å². The topological polar surface area (TPSA) is 46.3 Å². The average Bonchev–Trinajstić information content (AvgIpc) is 2.89. The van der Waals surface area contributed by atoms with Gasteiger partial charge in [0.1, 0.15) is 0 Å². The molecule has 3 nitrogen and oxygen atoms in total. The summed E-state index contributed by atoms with van der Waals surface area (Å²) in [5.41, 5.74) is 8.82. The number of hydrogen-bond acceptors (Lipinski definition) is 2. The maximum Gasteiger partial charge on any atom is 0.225 e. The van der Waals surface area contributed by atoms with Crippen LogP contribution in [0.15, 0.2) is 24.3 Å². The minimum atomic E-state index is 0.146. The molecule has 1 aromatic rings. The Balaban J connectivity index is 1.65. The molecule has 108 valence electrons. The van der Waals surface area contributed by atoms with Gasteiger partial charge < -0.3 is 10.6 Å². The fourth-order valence-electron chi connectivity index (χ4n) is 3.73. The van der Waals surface area contributed by atoms with E-state index in [1.165, 1.54) is 11.1 Å². The highest BCUT2D eigenvalue weighted by atomic mass is 16.2. The van der Waals surface area contributed by atoms with Crippen LogP contribution in [0.5, 0.6) is 0 Å². The highest BCUT2D eigenvalue weighted by Crippen LogP contribution is 2.29. The number of benzene rings is 1. The summed E-state index contributed by atoms with van der Waals surface area (Å²) in [6.07, 6.45) is 6.03. The molecule has 1 saturated carbocycles. The lowest BCUT2D eigenvalue weighted by Crippen LogP contribution is -2.44. The molecule has 2 atom stereocenters. The molecule has 2 N–H and O–H groups in total. The quantitative estimate of drug-likeness (QED) is 0.896. The monoisotopic (exact) mass is 272 g/mol. The minimum Gasteiger partial charge on any atom is -0.342 e. The molecule has 0 saturated heterocycles. The zero-order valence-corrected chi connectivity index (χ0v) is 12.2. The first kappa shape index (κ1) is 13.6. The fourth-order valence-corrected chi connectivity index (χ4v) is 3.73. The molecule has 2 aliphatic carbocycles. The Hall–Kier alpha value is -1.35. The van der Waals surface area contributed by atoms with E-state index in [1.807, 2.05) is 11.9 Å². The summed E-state index contributed by atoms with van der Waals surface area (Å²) in [5, 5.41) is 0. The van der Waals surface area contributed by atoms with Crippen molar-refractivity contribution >= 4 is 5.91 Å². The van der Waals surface area contributed by atoms with E-state index in [4.69, 9.17) is 5.73 Å². The predicted octanol–water partition coefficient (Wildman–Crippen LogP) is 2.13. The number of hydrogen-bond donors (Lipinski definition) is 1. The van der Waals surface area contributed by atoms with Gasteiger partial charge in [0, 0.05) is 25.0 Å². The van der Waals surface area contributed by atoms with Gasteiger partial charge in [-0.1, -0.05) is 30.7 Å². The van der Waals surface area contributed by atoms with Crippen molar-refractivity contribution in [3.05, 3.63) is 35.4 Å². The van der Waals surface area contributed by atoms with E-state index in [-0.39, 0.29) is 12.0 Å². The van der Waals surface area contributed by atoms with Gasteiger partial charge in [0.2, 0.25) is 5.91 Å². The SMILES string of the molecule is CN(C(=O)C1CCCC(N)C1)C1Cc2ccccc2C1. The van der Waals surface area contributed by atoms with Gasteiger partial charge in [-0.2, -0.15) is 0 Å². The Kier molecular flexibility index (Phi) is 3.79. The summed E-state index contributed by atoms with van der Waals surface area (Å²) in [6, 6.07) is 9.09. The second kappa shape index (κ2) is 5.57. The molecule has 0 aliphatic heterocycles. The van der Waals surface area contributed by atoms with Gasteiger partial charge in [0.25, 0.3) is 0 Å². The van der Waals surface area contributed by atoms with Crippen molar-refractivity contribution in [1.29, 1.82) is 0 Å². The maximum atomic E-state index is 12.7. The molecule has 0 radical (unpaired) electrons. The molecule has 0 heterocycles. The van der Waals surface area contributed by atoms with Crippen LogP contribution in [-0.4, -0.2) is 29.9 Å². The summed E-state index contributed by atoms with van der Waals surface area (Å²) in [5.74, 6) is 0.449. The average molecular weight is 272 g/mol. The third-order valence-corrected chi connectivity index (χ3v) is 4.99. The van der Waals surface area contributed by atoms with E-state index in [0.717, 1.165) is 38.5 Å². The van der Waals surface area contributed by atoms with Crippen LogP contribution >= 0.6 is 0 Å². The van der Waals surface area contributed by atoms with E-state index in [2.05, 4.69) is 24.3 Å². The van der Waals surface area contributed by atoms with Gasteiger partial charge in [0.05, 0.1) is 0 Å². The molecule has 0 bridgehead atoms. The Morgan fingerprint density at radius 3 is 2.45 bits per heavy atom. The van der Waals surface area contributed by atoms with E-state index in [9.17, 15) is 4.79 Å². The Bertz CT molecular complexity index is 475. The van der Waals surface area contributed by atoms with Crippen LogP contribution in [0.3, 0.4) is 0 Å². The zero-order valence-electron chi connectivity index (χ0n) is 12.2. The molecule has 0 spiro atoms. The van der Waals surface area contributed by atoms with Crippen LogP contribution in [0.1, 0.15) is 36.8 Å². The molecule has 20 heavy (non-hydrogen) atoms. The standard InChI is InChI=1S/C17H24N2O/c1-19(17(20)14-7-4-8-15(18)9-14)16-10-12-5-2-3-6-13(12)11-16/h2-3,5-6,14-16H,4,7-11,18H2,1H3. The lowest BCUT2D eigenvalue weighted by Gasteiger charge is -2.32. The number of nitrogens with two attached hydrogens (primary N) is 1. The van der Waals surface area contributed by atoms with Gasteiger partial charge in [-0.05, 0) is 43.2 Å². The number of carbonyl (C=O) groups is 1. The maximum absolute atomic E-state index is 12.7. The van der Waals surface area contributed by atoms with Crippen LogP contribution in [0.2, 0.25) is 0 Å². The van der Waals surface area contributed by atoms with Crippen molar-refractivity contribution < 1.29 is 4.79 Å². The third kappa shape index (κ3) is 2.59. The van der Waals surface area contributed by atoms with E-state index in [0.29, 0.717) is 11.9 Å². The molecule has 2 aliphatic rings. The largest absolute Gasteiger partial charge is 0.342 e. The first-order chi connectivity index (χ1) is 9.65. The highest BCUT2D eigenvalue weighted by molar-refractivity contribution is 5.79. The zero-order chi connectivity index (χ0) is 14.1. The van der Waals surface area contributed by atoms with Gasteiger partial charge in [0.15, 0.2) is 0 Å². The third-order valence-electron chi connectivity index (χ3n) is 4.99. The molecule has 1 amide bonds. The lowest BCUT2D eigenvalue weighted by molar-refractivity contribution is -0.137. The van der Waals surface area contributed by atoms with Crippen LogP contribution in [0, 0.1) is 5.92 Å². The lowest BCUT2D eigenvalue weighted by atomic mass is 9.85. The van der Waals surface area contributed by atoms with E-state index >= 15 is 0 Å². The molecule has 1 aromatic carbocycles. The fraction of sp³-hybridized carbons (Fsp3) is 0.588. The van der Waals surface area contributed by atoms with Crippen LogP contribution < -0.4 is 5.73 Å². The van der Waals surface area contributed by atoms with Crippen molar-refractivity contribution in [1.82, 2.24) is 4.90 Å². The van der Waals surface area contributed by atoms with Crippen molar-refractivity contribution in [3.8, 4) is 0 Å². The Morgan fingerprint density at radius 1 is 1.20 bits per heavy atom. The smallest absolute Gasteiger partial charge is 0.225 e. The van der Waals surface area contributed by atoms with Crippen LogP contribution in [0.4, 0.5) is 0 Å². The van der Waals surface area contributed by atoms with E-state index in [1.54, 1.807) is 0 Å². The highest BCUT2D eigenvalue weighted by Gasteiger charge is 2.32. The first-order valence-electron chi connectivity index (χ1n) is 7.74. The number of carbonyl (C=O) groups excluding carboxylic acids is 1. The molecule has 3 heteroatoms. The first-order valence-corrected chi connectivity index (χ1v) is 7.74. The predicted molar refractivity (Wildman–Crippen MR) is 80.3 cm³/mol. The summed E-state index contributed by atoms with van der Waals surface area (Å²) in [7, 11) is 1.97. The Labute approximate surface area is 121 Å². The summed E-state index contributed by atoms with van der Waals surface area (Å²) >= 11 is 0. The van der Waals surface area contributed by atoms with Gasteiger partial charge in [-0.15, -0.1) is 0 Å². The summed E-state index contributed by atoms with van der Waals surface area (Å²) in [6.45, 7) is 0. The molecular formula is C17H24N2O. The molecule has 2 unspecified atom stereocenters. The number of likely N-dealkylation sites (N-methyl/N-ethyl adjacent to an activating group) is 1. The van der Waals surface area contributed by atoms with Crippen molar-refractivity contribution in [3.63, 3.8) is 0 Å². The number of amides is 1. The summed E-state index contributed by atoms with van der Waals surface area (Å²) in [4.78, 5) is 14.6. The van der Waals surface area contributed by atoms with Crippen molar-refractivity contribution in [2.75, 3.05) is 7.05 Å². The molecular weight excluding hydrogens is 248 g/mol. The van der Waals surface area contributed by atoms with Gasteiger partial charge in [-0.25, -0.2) is 0 Å². The number of rotatable bonds is 2. The van der Waals surface area contributed by atoms with Gasteiger partial charge >= 0.3 is 0 Å². The Morgan fingerprint density at radius 2 is 1.85 bits per heavy atom. The van der Waals surface area contributed by atoms with Crippen LogP contribution in [-0.2, 0) is 17.6 Å². The molecule has 3 rings (SSSR count). The molecule has 0 aromatic heterocycles. The van der Waals surface area contributed by atoms with Crippen molar-refractivity contribution in [2.45, 2.75) is 50.6 Å². The molecule has 1 fully saturated rings. The second-order valence-corrected chi connectivity index (χ2v) is 6.40. The number of fused-ring (bicyclic) bond motifs is 1. The second-order valence-electron chi connectivity index (χ2n) is 6.40. The minimum absolute atomic E-state index is 0.146.